The molecule has 1 aromatic heterocycles. The van der Waals surface area contributed by atoms with Crippen molar-refractivity contribution in [3.05, 3.63) is 50.1 Å². The minimum absolute atomic E-state index is 0.0496. The van der Waals surface area contributed by atoms with E-state index in [0.29, 0.717) is 12.1 Å². The van der Waals surface area contributed by atoms with Crippen molar-refractivity contribution in [2.24, 2.45) is 0 Å². The summed E-state index contributed by atoms with van der Waals surface area (Å²) in [5, 5.41) is 4.35. The van der Waals surface area contributed by atoms with E-state index in [-0.39, 0.29) is 11.9 Å². The number of hydrogen-bond donors (Lipinski definition) is 1. The summed E-state index contributed by atoms with van der Waals surface area (Å²) in [5.74, 6) is -0.184. The second-order valence-electron chi connectivity index (χ2n) is 4.34. The van der Waals surface area contributed by atoms with Crippen molar-refractivity contribution < 1.29 is 4.39 Å². The van der Waals surface area contributed by atoms with E-state index in [9.17, 15) is 4.39 Å². The number of benzene rings is 1. The zero-order chi connectivity index (χ0) is 13.8. The Balaban J connectivity index is 2.00. The van der Waals surface area contributed by atoms with Gasteiger partial charge in [0.2, 0.25) is 0 Å². The topological polar surface area (TPSA) is 24.9 Å². The minimum Gasteiger partial charge on any atom is -0.304 e. The summed E-state index contributed by atoms with van der Waals surface area (Å²) in [6.07, 6.45) is 2.92. The highest BCUT2D eigenvalue weighted by atomic mass is 79.9. The van der Waals surface area contributed by atoms with Gasteiger partial charge in [0.25, 0.3) is 0 Å². The van der Waals surface area contributed by atoms with Gasteiger partial charge in [0.15, 0.2) is 0 Å². The first kappa shape index (κ1) is 14.6. The highest BCUT2D eigenvalue weighted by Gasteiger charge is 2.11. The monoisotopic (exact) mass is 342 g/mol. The summed E-state index contributed by atoms with van der Waals surface area (Å²) in [4.78, 5) is 5.62. The van der Waals surface area contributed by atoms with Crippen LogP contribution in [0.25, 0.3) is 0 Å². The largest absolute Gasteiger partial charge is 0.304 e. The maximum Gasteiger partial charge on any atom is 0.128 e. The van der Waals surface area contributed by atoms with Crippen LogP contribution in [-0.4, -0.2) is 4.98 Å². The summed E-state index contributed by atoms with van der Waals surface area (Å²) in [5.41, 5.74) is 0.668. The molecule has 0 amide bonds. The van der Waals surface area contributed by atoms with Gasteiger partial charge in [-0.25, -0.2) is 9.37 Å². The van der Waals surface area contributed by atoms with E-state index in [2.05, 4.69) is 33.2 Å². The molecule has 0 radical (unpaired) electrons. The molecule has 2 nitrogen and oxygen atoms in total. The van der Waals surface area contributed by atoms with Gasteiger partial charge in [0.1, 0.15) is 10.8 Å². The maximum absolute atomic E-state index is 13.7. The van der Waals surface area contributed by atoms with E-state index < -0.39 is 0 Å². The van der Waals surface area contributed by atoms with Crippen LogP contribution in [0.15, 0.2) is 28.9 Å². The first-order valence-electron chi connectivity index (χ1n) is 6.22. The second kappa shape index (κ2) is 6.59. The fourth-order valence-corrected chi connectivity index (χ4v) is 2.98. The molecule has 0 fully saturated rings. The van der Waals surface area contributed by atoms with E-state index in [4.69, 9.17) is 0 Å². The molecule has 2 aromatic rings. The van der Waals surface area contributed by atoms with Crippen LogP contribution < -0.4 is 5.32 Å². The number of rotatable bonds is 5. The first-order chi connectivity index (χ1) is 9.10. The number of nitrogens with zero attached hydrogens (tertiary/aromatic N) is 1. The Hall–Kier alpha value is -0.780. The van der Waals surface area contributed by atoms with Gasteiger partial charge in [-0.05, 0) is 31.5 Å². The molecule has 1 unspecified atom stereocenters. The van der Waals surface area contributed by atoms with Crippen molar-refractivity contribution in [1.82, 2.24) is 10.3 Å². The number of aromatic nitrogens is 1. The van der Waals surface area contributed by atoms with Crippen LogP contribution in [-0.2, 0) is 13.0 Å². The zero-order valence-electron chi connectivity index (χ0n) is 10.9. The lowest BCUT2D eigenvalue weighted by atomic mass is 10.1. The van der Waals surface area contributed by atoms with Gasteiger partial charge in [-0.3, -0.25) is 0 Å². The normalized spacial score (nSPS) is 12.6. The van der Waals surface area contributed by atoms with Crippen LogP contribution in [0.2, 0.25) is 0 Å². The van der Waals surface area contributed by atoms with E-state index in [1.165, 1.54) is 10.9 Å². The van der Waals surface area contributed by atoms with Crippen LogP contribution in [0, 0.1) is 5.82 Å². The third-order valence-electron chi connectivity index (χ3n) is 2.93. The second-order valence-corrected chi connectivity index (χ2v) is 6.46. The van der Waals surface area contributed by atoms with Gasteiger partial charge in [0, 0.05) is 33.7 Å². The average Bonchev–Trinajstić information content (AvgIpc) is 2.87. The molecular weight excluding hydrogens is 327 g/mol. The molecule has 102 valence electrons. The van der Waals surface area contributed by atoms with Gasteiger partial charge in [-0.1, -0.05) is 22.9 Å². The molecule has 0 aliphatic rings. The van der Waals surface area contributed by atoms with Crippen LogP contribution in [0.5, 0.6) is 0 Å². The lowest BCUT2D eigenvalue weighted by molar-refractivity contribution is 0.527. The van der Waals surface area contributed by atoms with Crippen LogP contribution in [0.4, 0.5) is 4.39 Å². The first-order valence-corrected chi connectivity index (χ1v) is 7.83. The molecule has 0 bridgehead atoms. The lowest BCUT2D eigenvalue weighted by Gasteiger charge is -2.14. The van der Waals surface area contributed by atoms with Gasteiger partial charge in [0.05, 0.1) is 0 Å². The Morgan fingerprint density at radius 1 is 1.47 bits per heavy atom. The summed E-state index contributed by atoms with van der Waals surface area (Å²) in [6.45, 7) is 4.74. The molecule has 0 aliphatic heterocycles. The molecular formula is C14H16BrFN2S. The standard InChI is InChI=1S/C14H16BrFN2S/c1-3-11-7-18-14(19-11)8-17-9(2)12-6-10(15)4-5-13(12)16/h4-7,9,17H,3,8H2,1-2H3. The smallest absolute Gasteiger partial charge is 0.128 e. The lowest BCUT2D eigenvalue weighted by Crippen LogP contribution is -2.19. The Bertz CT molecular complexity index is 556. The van der Waals surface area contributed by atoms with Crippen molar-refractivity contribution in [2.45, 2.75) is 32.9 Å². The molecule has 5 heteroatoms. The van der Waals surface area contributed by atoms with Crippen molar-refractivity contribution in [3.63, 3.8) is 0 Å². The molecule has 19 heavy (non-hydrogen) atoms. The van der Waals surface area contributed by atoms with Crippen LogP contribution >= 0.6 is 27.3 Å². The number of thiazole rings is 1. The summed E-state index contributed by atoms with van der Waals surface area (Å²) in [7, 11) is 0. The highest BCUT2D eigenvalue weighted by molar-refractivity contribution is 9.10. The average molecular weight is 343 g/mol. The quantitative estimate of drug-likeness (QED) is 0.867. The van der Waals surface area contributed by atoms with Gasteiger partial charge in [-0.2, -0.15) is 0 Å². The number of hydrogen-bond acceptors (Lipinski definition) is 3. The van der Waals surface area contributed by atoms with Gasteiger partial charge >= 0.3 is 0 Å². The van der Waals surface area contributed by atoms with Crippen LogP contribution in [0.3, 0.4) is 0 Å². The van der Waals surface area contributed by atoms with E-state index in [1.54, 1.807) is 17.4 Å². The SMILES string of the molecule is CCc1cnc(CNC(C)c2cc(Br)ccc2F)s1. The summed E-state index contributed by atoms with van der Waals surface area (Å²) in [6, 6.07) is 4.95. The third-order valence-corrected chi connectivity index (χ3v) is 4.57. The fraction of sp³-hybridized carbons (Fsp3) is 0.357. The molecule has 1 heterocycles. The molecule has 0 aliphatic carbocycles. The molecule has 0 saturated heterocycles. The van der Waals surface area contributed by atoms with Crippen LogP contribution in [0.1, 0.15) is 35.3 Å². The Kier molecular flexibility index (Phi) is 5.07. The van der Waals surface area contributed by atoms with Crippen molar-refractivity contribution >= 4 is 27.3 Å². The van der Waals surface area contributed by atoms with Gasteiger partial charge < -0.3 is 5.32 Å². The Labute approximate surface area is 125 Å². The molecule has 0 spiro atoms. The van der Waals surface area contributed by atoms with E-state index in [1.807, 2.05) is 19.2 Å². The van der Waals surface area contributed by atoms with Gasteiger partial charge in [-0.15, -0.1) is 11.3 Å². The van der Waals surface area contributed by atoms with E-state index in [0.717, 1.165) is 15.9 Å². The maximum atomic E-state index is 13.7. The predicted octanol–water partition coefficient (Wildman–Crippen LogP) is 4.46. The third kappa shape index (κ3) is 3.84. The molecule has 2 rings (SSSR count). The molecule has 0 saturated carbocycles. The molecule has 1 N–H and O–H groups in total. The Morgan fingerprint density at radius 3 is 2.95 bits per heavy atom. The van der Waals surface area contributed by atoms with Crippen molar-refractivity contribution in [1.29, 1.82) is 0 Å². The fourth-order valence-electron chi connectivity index (χ4n) is 1.79. The predicted molar refractivity (Wildman–Crippen MR) is 80.8 cm³/mol. The zero-order valence-corrected chi connectivity index (χ0v) is 13.3. The highest BCUT2D eigenvalue weighted by Crippen LogP contribution is 2.22. The summed E-state index contributed by atoms with van der Waals surface area (Å²) >= 11 is 5.07. The van der Waals surface area contributed by atoms with Crippen molar-refractivity contribution in [3.8, 4) is 0 Å². The molecule has 1 aromatic carbocycles. The number of halogens is 2. The number of nitrogens with one attached hydrogen (secondary N) is 1. The van der Waals surface area contributed by atoms with E-state index >= 15 is 0 Å². The van der Waals surface area contributed by atoms with Crippen molar-refractivity contribution in [2.75, 3.05) is 0 Å². The minimum atomic E-state index is -0.184. The molecule has 1 atom stereocenters. The Morgan fingerprint density at radius 2 is 2.26 bits per heavy atom. The summed E-state index contributed by atoms with van der Waals surface area (Å²) < 4.78 is 14.6. The number of aryl methyl sites for hydroxylation is 1.